The van der Waals surface area contributed by atoms with Gasteiger partial charge in [-0.05, 0) is 159 Å². The van der Waals surface area contributed by atoms with Crippen molar-refractivity contribution in [3.8, 4) is 5.75 Å². The van der Waals surface area contributed by atoms with Gasteiger partial charge in [-0.15, -0.1) is 0 Å². The van der Waals surface area contributed by atoms with E-state index in [9.17, 15) is 0 Å². The van der Waals surface area contributed by atoms with Crippen LogP contribution in [0.25, 0.3) is 5.57 Å². The molecule has 1 aromatic carbocycles. The van der Waals surface area contributed by atoms with Gasteiger partial charge in [0.2, 0.25) is 0 Å². The molecule has 1 aliphatic heterocycles. The molecule has 8 aliphatic carbocycles. The van der Waals surface area contributed by atoms with Crippen LogP contribution < -0.4 is 4.74 Å². The van der Waals surface area contributed by atoms with Crippen molar-refractivity contribution in [3.05, 3.63) is 166 Å². The molecule has 2 nitrogen and oxygen atoms in total. The molecule has 1 aromatic rings. The highest BCUT2D eigenvalue weighted by molar-refractivity contribution is 5.71. The second-order valence-electron chi connectivity index (χ2n) is 18.1. The van der Waals surface area contributed by atoms with E-state index in [0.29, 0.717) is 29.8 Å². The molecule has 0 N–H and O–H groups in total. The van der Waals surface area contributed by atoms with Gasteiger partial charge in [0.25, 0.3) is 0 Å². The van der Waals surface area contributed by atoms with Gasteiger partial charge in [0.05, 0.1) is 6.04 Å². The molecule has 10 rings (SSSR count). The van der Waals surface area contributed by atoms with Gasteiger partial charge in [-0.3, -0.25) is 0 Å². The van der Waals surface area contributed by atoms with Crippen LogP contribution in [0.5, 0.6) is 5.75 Å². The molecule has 288 valence electrons. The third kappa shape index (κ3) is 7.46. The van der Waals surface area contributed by atoms with Crippen LogP contribution in [0.15, 0.2) is 155 Å². The molecular formula is C54H61NO. The van der Waals surface area contributed by atoms with Crippen molar-refractivity contribution in [3.63, 3.8) is 0 Å². The first-order chi connectivity index (χ1) is 27.7. The smallest absolute Gasteiger partial charge is 0.130 e. The molecule has 2 heteroatoms. The Kier molecular flexibility index (Phi) is 10.5. The predicted molar refractivity (Wildman–Crippen MR) is 234 cm³/mol. The second-order valence-corrected chi connectivity index (χ2v) is 18.1. The minimum absolute atomic E-state index is 0.309. The third-order valence-corrected chi connectivity index (χ3v) is 14.8. The van der Waals surface area contributed by atoms with Crippen molar-refractivity contribution >= 4 is 5.57 Å². The lowest BCUT2D eigenvalue weighted by Gasteiger charge is -2.44. The molecular weight excluding hydrogens is 679 g/mol. The lowest BCUT2D eigenvalue weighted by Crippen LogP contribution is -2.43. The summed E-state index contributed by atoms with van der Waals surface area (Å²) in [7, 11) is 0. The van der Waals surface area contributed by atoms with Crippen LogP contribution in [-0.2, 0) is 0 Å². The van der Waals surface area contributed by atoms with Crippen LogP contribution in [0.2, 0.25) is 0 Å². The van der Waals surface area contributed by atoms with E-state index in [0.717, 1.165) is 55.4 Å². The fourth-order valence-electron chi connectivity index (χ4n) is 11.5. The number of rotatable bonds is 8. The lowest BCUT2D eigenvalue weighted by molar-refractivity contribution is 0.188. The lowest BCUT2D eigenvalue weighted by atomic mass is 9.75. The standard InChI is InChI=1S/C54H61NO/c1-4-10-38(11-5-1)42-20-28-48(29-21-42)55(49-30-22-43(23-31-49)39-12-6-2-7-13-39)50-32-24-44(25-33-50)41-16-18-45(19-17-41)47-27-35-54-52(37-47)51-36-46(26-34-53(51)56-54)40-14-8-3-9-15-40/h3-4,8,10-11,14,16,18-19,22,24-28,30,32,34-36,39,41-43,49-50,52H,1-2,5-7,9,12-13,15,17,20-21,23,29,31,33,37H2. The molecule has 0 amide bonds. The predicted octanol–water partition coefficient (Wildman–Crippen LogP) is 14.0. The van der Waals surface area contributed by atoms with E-state index in [1.165, 1.54) is 110 Å². The van der Waals surface area contributed by atoms with Gasteiger partial charge < -0.3 is 9.64 Å². The molecule has 0 bridgehead atoms. The van der Waals surface area contributed by atoms with Crippen molar-refractivity contribution in [2.45, 2.75) is 127 Å². The van der Waals surface area contributed by atoms with Crippen LogP contribution in [-0.4, -0.2) is 17.0 Å². The van der Waals surface area contributed by atoms with Crippen molar-refractivity contribution in [1.82, 2.24) is 4.90 Å². The highest BCUT2D eigenvalue weighted by atomic mass is 16.5. The number of allylic oxidation sites excluding steroid dienone is 21. The Morgan fingerprint density at radius 2 is 1.61 bits per heavy atom. The van der Waals surface area contributed by atoms with Crippen LogP contribution in [0.3, 0.4) is 0 Å². The van der Waals surface area contributed by atoms with Gasteiger partial charge in [-0.25, -0.2) is 0 Å². The summed E-state index contributed by atoms with van der Waals surface area (Å²) in [5, 5.41) is 0. The molecule has 9 aliphatic rings. The Balaban J connectivity index is 0.808. The van der Waals surface area contributed by atoms with Gasteiger partial charge in [-0.2, -0.15) is 0 Å². The normalized spacial score (nSPS) is 31.2. The highest BCUT2D eigenvalue weighted by Crippen LogP contribution is 2.49. The highest BCUT2D eigenvalue weighted by Gasteiger charge is 2.35. The van der Waals surface area contributed by atoms with Gasteiger partial charge >= 0.3 is 0 Å². The fourth-order valence-corrected chi connectivity index (χ4v) is 11.5. The molecule has 0 radical (unpaired) electrons. The Hall–Kier alpha value is -4.30. The summed E-state index contributed by atoms with van der Waals surface area (Å²) in [6, 6.07) is 7.79. The van der Waals surface area contributed by atoms with Crippen LogP contribution >= 0.6 is 0 Å². The van der Waals surface area contributed by atoms with Crippen LogP contribution in [0.1, 0.15) is 126 Å². The number of ether oxygens (including phenoxy) is 1. The molecule has 1 fully saturated rings. The average molecular weight is 740 g/mol. The summed E-state index contributed by atoms with van der Waals surface area (Å²) in [4.78, 5) is 2.88. The molecule has 0 spiro atoms. The first-order valence-corrected chi connectivity index (χ1v) is 22.6. The minimum atomic E-state index is 0.309. The van der Waals surface area contributed by atoms with Crippen molar-refractivity contribution < 1.29 is 4.74 Å². The fraction of sp³-hybridized carbons (Fsp3) is 0.444. The van der Waals surface area contributed by atoms with E-state index in [1.54, 1.807) is 11.3 Å². The molecule has 6 atom stereocenters. The van der Waals surface area contributed by atoms with Gasteiger partial charge in [0.1, 0.15) is 11.5 Å². The Labute approximate surface area is 336 Å². The summed E-state index contributed by atoms with van der Waals surface area (Å²) in [6.07, 6.45) is 63.0. The van der Waals surface area contributed by atoms with E-state index in [-0.39, 0.29) is 0 Å². The summed E-state index contributed by atoms with van der Waals surface area (Å²) >= 11 is 0. The molecule has 6 unspecified atom stereocenters. The zero-order chi connectivity index (χ0) is 37.3. The zero-order valence-corrected chi connectivity index (χ0v) is 33.5. The Morgan fingerprint density at radius 3 is 2.36 bits per heavy atom. The minimum Gasteiger partial charge on any atom is -0.461 e. The van der Waals surface area contributed by atoms with Crippen LogP contribution in [0, 0.1) is 23.7 Å². The monoisotopic (exact) mass is 739 g/mol. The maximum absolute atomic E-state index is 6.36. The first kappa shape index (κ1) is 36.1. The van der Waals surface area contributed by atoms with E-state index >= 15 is 0 Å². The largest absolute Gasteiger partial charge is 0.461 e. The van der Waals surface area contributed by atoms with Gasteiger partial charge in [0, 0.05) is 29.1 Å². The summed E-state index contributed by atoms with van der Waals surface area (Å²) < 4.78 is 6.36. The molecule has 1 saturated carbocycles. The number of benzene rings is 1. The Bertz CT molecular complexity index is 2060. The first-order valence-electron chi connectivity index (χ1n) is 22.6. The quantitative estimate of drug-likeness (QED) is 0.246. The summed E-state index contributed by atoms with van der Waals surface area (Å²) in [5.41, 5.74) is 11.7. The van der Waals surface area contributed by atoms with Gasteiger partial charge in [-0.1, -0.05) is 123 Å². The maximum Gasteiger partial charge on any atom is 0.130 e. The maximum atomic E-state index is 6.36. The number of hydrogen-bond acceptors (Lipinski definition) is 2. The third-order valence-electron chi connectivity index (χ3n) is 14.8. The van der Waals surface area contributed by atoms with E-state index in [2.05, 4.69) is 126 Å². The second kappa shape index (κ2) is 16.3. The zero-order valence-electron chi connectivity index (χ0n) is 33.5. The van der Waals surface area contributed by atoms with E-state index < -0.39 is 0 Å². The van der Waals surface area contributed by atoms with E-state index in [4.69, 9.17) is 4.74 Å². The average Bonchev–Trinajstić information content (AvgIpc) is 3.65. The molecule has 1 heterocycles. The Morgan fingerprint density at radius 1 is 0.643 bits per heavy atom. The SMILES string of the molecule is C1=CCCC(c2ccc3c(c2)C2CC(C4=CCC(C5=CCC(N(C6=CCC(C7=CCCC=C7)CC6)C6C=CC(C7CCCCC7)CC6)C=C5)C=C4)=CC=C2O3)=C1. The summed E-state index contributed by atoms with van der Waals surface area (Å²) in [6.45, 7) is 0. The molecule has 0 aromatic heterocycles. The number of fused-ring (bicyclic) bond motifs is 3. The van der Waals surface area contributed by atoms with Crippen molar-refractivity contribution in [2.75, 3.05) is 0 Å². The van der Waals surface area contributed by atoms with Crippen LogP contribution in [0.4, 0.5) is 0 Å². The van der Waals surface area contributed by atoms with Crippen molar-refractivity contribution in [1.29, 1.82) is 0 Å². The van der Waals surface area contributed by atoms with E-state index in [1.807, 2.05) is 0 Å². The van der Waals surface area contributed by atoms with Gasteiger partial charge in [0.15, 0.2) is 0 Å². The molecule has 0 saturated heterocycles. The number of hydrogen-bond donors (Lipinski definition) is 0. The van der Waals surface area contributed by atoms with Crippen molar-refractivity contribution in [2.24, 2.45) is 23.7 Å². The molecule has 56 heavy (non-hydrogen) atoms. The summed E-state index contributed by atoms with van der Waals surface area (Å²) in [5.74, 6) is 5.32. The topological polar surface area (TPSA) is 12.5 Å². The number of nitrogens with zero attached hydrogens (tertiary/aromatic N) is 1.